The summed E-state index contributed by atoms with van der Waals surface area (Å²) in [5.41, 5.74) is 1.51. The minimum atomic E-state index is 0.675. The summed E-state index contributed by atoms with van der Waals surface area (Å²) < 4.78 is 0. The first-order chi connectivity index (χ1) is 10.8. The second kappa shape index (κ2) is 12.7. The molecule has 22 heavy (non-hydrogen) atoms. The number of benzene rings is 1. The summed E-state index contributed by atoms with van der Waals surface area (Å²) in [6.45, 7) is 9.20. The van der Waals surface area contributed by atoms with E-state index < -0.39 is 0 Å². The average molecular weight is 304 g/mol. The van der Waals surface area contributed by atoms with Gasteiger partial charge in [-0.15, -0.1) is 0 Å². The van der Waals surface area contributed by atoms with Crippen molar-refractivity contribution in [2.45, 2.75) is 78.1 Å². The predicted molar refractivity (Wildman–Crippen MR) is 99.5 cm³/mol. The number of unbranched alkanes of at least 4 members (excludes halogenated alkanes) is 1. The molecule has 0 fully saturated rings. The molecular formula is C21H37N. The van der Waals surface area contributed by atoms with Crippen LogP contribution in [0.5, 0.6) is 0 Å². The van der Waals surface area contributed by atoms with E-state index in [-0.39, 0.29) is 0 Å². The van der Waals surface area contributed by atoms with Gasteiger partial charge >= 0.3 is 0 Å². The molecule has 0 amide bonds. The van der Waals surface area contributed by atoms with Crippen LogP contribution >= 0.6 is 0 Å². The predicted octanol–water partition coefficient (Wildman–Crippen LogP) is 6.16. The van der Waals surface area contributed by atoms with Crippen LogP contribution in [0, 0.1) is 5.92 Å². The van der Waals surface area contributed by atoms with Crippen LogP contribution in [-0.4, -0.2) is 13.1 Å². The highest BCUT2D eigenvalue weighted by Crippen LogP contribution is 2.27. The van der Waals surface area contributed by atoms with Crippen LogP contribution in [0.25, 0.3) is 0 Å². The minimum Gasteiger partial charge on any atom is -0.316 e. The summed E-state index contributed by atoms with van der Waals surface area (Å²) in [7, 11) is 0. The van der Waals surface area contributed by atoms with E-state index in [1.165, 1.54) is 56.9 Å². The zero-order valence-electron chi connectivity index (χ0n) is 15.1. The van der Waals surface area contributed by atoms with Crippen molar-refractivity contribution < 1.29 is 0 Å². The third-order valence-electron chi connectivity index (χ3n) is 4.69. The Hall–Kier alpha value is -0.820. The van der Waals surface area contributed by atoms with Crippen LogP contribution in [0.1, 0.15) is 83.6 Å². The van der Waals surface area contributed by atoms with Crippen molar-refractivity contribution in [1.29, 1.82) is 0 Å². The van der Waals surface area contributed by atoms with Crippen LogP contribution in [0.4, 0.5) is 0 Å². The molecule has 0 aromatic heterocycles. The molecule has 1 rings (SSSR count). The maximum Gasteiger partial charge on any atom is 0.00201 e. The van der Waals surface area contributed by atoms with Crippen molar-refractivity contribution in [3.63, 3.8) is 0 Å². The number of hydrogen-bond acceptors (Lipinski definition) is 1. The van der Waals surface area contributed by atoms with Gasteiger partial charge in [0.15, 0.2) is 0 Å². The van der Waals surface area contributed by atoms with Gasteiger partial charge in [-0.25, -0.2) is 0 Å². The maximum atomic E-state index is 3.67. The van der Waals surface area contributed by atoms with Gasteiger partial charge in [-0.05, 0) is 43.2 Å². The summed E-state index contributed by atoms with van der Waals surface area (Å²) in [6, 6.07) is 11.1. The molecule has 0 spiro atoms. The highest BCUT2D eigenvalue weighted by molar-refractivity contribution is 5.19. The molecular weight excluding hydrogens is 266 g/mol. The molecule has 0 aliphatic carbocycles. The second-order valence-corrected chi connectivity index (χ2v) is 6.69. The number of nitrogens with one attached hydrogen (secondary N) is 1. The SMILES string of the molecule is CCCCNC[C@@H](CCC(CCC)CCC)c1ccccc1. The monoisotopic (exact) mass is 303 g/mol. The van der Waals surface area contributed by atoms with Crippen molar-refractivity contribution in [3.05, 3.63) is 35.9 Å². The molecule has 1 heteroatoms. The van der Waals surface area contributed by atoms with Crippen LogP contribution in [0.2, 0.25) is 0 Å². The molecule has 126 valence electrons. The van der Waals surface area contributed by atoms with E-state index in [9.17, 15) is 0 Å². The Morgan fingerprint density at radius 2 is 1.50 bits per heavy atom. The van der Waals surface area contributed by atoms with Gasteiger partial charge in [-0.3, -0.25) is 0 Å². The minimum absolute atomic E-state index is 0.675. The van der Waals surface area contributed by atoms with Gasteiger partial charge in [0, 0.05) is 6.54 Å². The van der Waals surface area contributed by atoms with Crippen molar-refractivity contribution in [1.82, 2.24) is 5.32 Å². The van der Waals surface area contributed by atoms with Crippen molar-refractivity contribution in [2.75, 3.05) is 13.1 Å². The normalized spacial score (nSPS) is 12.7. The van der Waals surface area contributed by atoms with E-state index in [2.05, 4.69) is 56.4 Å². The lowest BCUT2D eigenvalue weighted by Gasteiger charge is -2.22. The zero-order chi connectivity index (χ0) is 16.0. The van der Waals surface area contributed by atoms with Crippen molar-refractivity contribution in [3.8, 4) is 0 Å². The molecule has 0 saturated carbocycles. The lowest BCUT2D eigenvalue weighted by molar-refractivity contribution is 0.378. The fourth-order valence-electron chi connectivity index (χ4n) is 3.38. The fraction of sp³-hybridized carbons (Fsp3) is 0.714. The fourth-order valence-corrected chi connectivity index (χ4v) is 3.38. The third kappa shape index (κ3) is 7.98. The molecule has 0 aliphatic rings. The van der Waals surface area contributed by atoms with Gasteiger partial charge in [-0.2, -0.15) is 0 Å². The molecule has 1 aromatic rings. The summed E-state index contributed by atoms with van der Waals surface area (Å²) in [6.07, 6.45) is 10.7. The Balaban J connectivity index is 2.53. The first kappa shape index (κ1) is 19.2. The van der Waals surface area contributed by atoms with Gasteiger partial charge in [0.2, 0.25) is 0 Å². The topological polar surface area (TPSA) is 12.0 Å². The Morgan fingerprint density at radius 1 is 0.818 bits per heavy atom. The van der Waals surface area contributed by atoms with Crippen molar-refractivity contribution >= 4 is 0 Å². The Labute approximate surface area is 138 Å². The lowest BCUT2D eigenvalue weighted by Crippen LogP contribution is -2.23. The van der Waals surface area contributed by atoms with E-state index in [4.69, 9.17) is 0 Å². The van der Waals surface area contributed by atoms with E-state index >= 15 is 0 Å². The average Bonchev–Trinajstić information content (AvgIpc) is 2.55. The largest absolute Gasteiger partial charge is 0.316 e. The van der Waals surface area contributed by atoms with Gasteiger partial charge in [0.05, 0.1) is 0 Å². The van der Waals surface area contributed by atoms with Crippen molar-refractivity contribution in [2.24, 2.45) is 5.92 Å². The molecule has 0 heterocycles. The Kier molecular flexibility index (Phi) is 11.1. The van der Waals surface area contributed by atoms with Gasteiger partial charge < -0.3 is 5.32 Å². The summed E-state index contributed by atoms with van der Waals surface area (Å²) in [4.78, 5) is 0. The smallest absolute Gasteiger partial charge is 0.00201 e. The Bertz CT molecular complexity index is 340. The van der Waals surface area contributed by atoms with Crippen LogP contribution in [-0.2, 0) is 0 Å². The third-order valence-corrected chi connectivity index (χ3v) is 4.69. The summed E-state index contributed by atoms with van der Waals surface area (Å²) in [5.74, 6) is 1.60. The first-order valence-corrected chi connectivity index (χ1v) is 9.57. The lowest BCUT2D eigenvalue weighted by atomic mass is 9.86. The molecule has 0 bridgehead atoms. The highest BCUT2D eigenvalue weighted by Gasteiger charge is 2.14. The number of rotatable bonds is 13. The quantitative estimate of drug-likeness (QED) is 0.430. The van der Waals surface area contributed by atoms with Crippen LogP contribution < -0.4 is 5.32 Å². The molecule has 0 saturated heterocycles. The molecule has 0 unspecified atom stereocenters. The van der Waals surface area contributed by atoms with Gasteiger partial charge in [0.1, 0.15) is 0 Å². The molecule has 0 aliphatic heterocycles. The van der Waals surface area contributed by atoms with E-state index in [0.29, 0.717) is 5.92 Å². The van der Waals surface area contributed by atoms with Crippen LogP contribution in [0.15, 0.2) is 30.3 Å². The van der Waals surface area contributed by atoms with E-state index in [0.717, 1.165) is 19.0 Å². The maximum absolute atomic E-state index is 3.67. The molecule has 1 N–H and O–H groups in total. The van der Waals surface area contributed by atoms with Gasteiger partial charge in [-0.1, -0.05) is 83.2 Å². The van der Waals surface area contributed by atoms with Gasteiger partial charge in [0.25, 0.3) is 0 Å². The first-order valence-electron chi connectivity index (χ1n) is 9.57. The summed E-state index contributed by atoms with van der Waals surface area (Å²) >= 11 is 0. The molecule has 1 nitrogen and oxygen atoms in total. The zero-order valence-corrected chi connectivity index (χ0v) is 15.1. The highest BCUT2D eigenvalue weighted by atomic mass is 14.9. The van der Waals surface area contributed by atoms with Crippen LogP contribution in [0.3, 0.4) is 0 Å². The molecule has 1 atom stereocenters. The molecule has 1 aromatic carbocycles. The van der Waals surface area contributed by atoms with E-state index in [1.54, 1.807) is 0 Å². The molecule has 0 radical (unpaired) electrons. The van der Waals surface area contributed by atoms with E-state index in [1.807, 2.05) is 0 Å². The second-order valence-electron chi connectivity index (χ2n) is 6.69. The Morgan fingerprint density at radius 3 is 2.09 bits per heavy atom. The number of hydrogen-bond donors (Lipinski definition) is 1. The standard InChI is InChI=1S/C21H37N/c1-4-7-17-22-18-21(20-13-9-8-10-14-20)16-15-19(11-5-2)12-6-3/h8-10,13-14,19,21-22H,4-7,11-12,15-18H2,1-3H3/t21-/m1/s1. The summed E-state index contributed by atoms with van der Waals surface area (Å²) in [5, 5.41) is 3.67.